The third-order valence-corrected chi connectivity index (χ3v) is 6.98. The lowest BCUT2D eigenvalue weighted by molar-refractivity contribution is -0.121. The van der Waals surface area contributed by atoms with Crippen molar-refractivity contribution < 1.29 is 14.3 Å². The van der Waals surface area contributed by atoms with Gasteiger partial charge in [-0.1, -0.05) is 35.9 Å². The minimum atomic E-state index is -0.164. The summed E-state index contributed by atoms with van der Waals surface area (Å²) in [6.45, 7) is 4.47. The molecule has 5 nitrogen and oxygen atoms in total. The molecular weight excluding hydrogens is 444 g/mol. The highest BCUT2D eigenvalue weighted by atomic mass is 35.5. The standard InChI is InChI=1S/C25H27ClN2O3S/c1-2-31-22-9-4-3-8-21(22)24-28-20(16-32-24)15-23(29)27-17-25(10-12-30-13-11-25)18-6-5-7-19(26)14-18/h3-9,14,16H,2,10-13,15,17H2,1H3,(H,27,29). The van der Waals surface area contributed by atoms with Crippen LogP contribution in [0.25, 0.3) is 10.6 Å². The molecule has 1 aromatic heterocycles. The zero-order valence-corrected chi connectivity index (χ0v) is 19.7. The molecule has 4 rings (SSSR count). The van der Waals surface area contributed by atoms with E-state index >= 15 is 0 Å². The van der Waals surface area contributed by atoms with Crippen LogP contribution in [0.3, 0.4) is 0 Å². The molecule has 7 heteroatoms. The molecule has 1 fully saturated rings. The van der Waals surface area contributed by atoms with E-state index in [1.54, 1.807) is 0 Å². The normalized spacial score (nSPS) is 15.3. The minimum absolute atomic E-state index is 0.0344. The fraction of sp³-hybridized carbons (Fsp3) is 0.360. The summed E-state index contributed by atoms with van der Waals surface area (Å²) in [7, 11) is 0. The molecule has 0 spiro atoms. The molecule has 0 unspecified atom stereocenters. The fourth-order valence-electron chi connectivity index (χ4n) is 4.08. The van der Waals surface area contributed by atoms with Crippen molar-refractivity contribution in [2.45, 2.75) is 31.6 Å². The summed E-state index contributed by atoms with van der Waals surface area (Å²) in [5.74, 6) is 0.774. The van der Waals surface area contributed by atoms with Gasteiger partial charge in [0.25, 0.3) is 0 Å². The number of nitrogens with zero attached hydrogens (tertiary/aromatic N) is 1. The van der Waals surface area contributed by atoms with E-state index in [9.17, 15) is 4.79 Å². The zero-order chi connectivity index (χ0) is 22.4. The first kappa shape index (κ1) is 22.8. The molecule has 2 heterocycles. The Balaban J connectivity index is 1.43. The van der Waals surface area contributed by atoms with Crippen molar-refractivity contribution in [3.8, 4) is 16.3 Å². The summed E-state index contributed by atoms with van der Waals surface area (Å²) in [5.41, 5.74) is 2.70. The average molecular weight is 471 g/mol. The van der Waals surface area contributed by atoms with Crippen LogP contribution in [-0.4, -0.2) is 37.3 Å². The van der Waals surface area contributed by atoms with E-state index in [0.29, 0.717) is 31.4 Å². The van der Waals surface area contributed by atoms with Crippen LogP contribution in [0.15, 0.2) is 53.9 Å². The quantitative estimate of drug-likeness (QED) is 0.487. The number of para-hydroxylation sites is 1. The lowest BCUT2D eigenvalue weighted by Gasteiger charge is -2.38. The molecular formula is C25H27ClN2O3S. The predicted molar refractivity (Wildman–Crippen MR) is 129 cm³/mol. The number of ether oxygens (including phenoxy) is 2. The molecule has 1 N–H and O–H groups in total. The summed E-state index contributed by atoms with van der Waals surface area (Å²) < 4.78 is 11.3. The van der Waals surface area contributed by atoms with E-state index in [1.807, 2.05) is 54.8 Å². The van der Waals surface area contributed by atoms with Gasteiger partial charge in [-0.15, -0.1) is 11.3 Å². The lowest BCUT2D eigenvalue weighted by atomic mass is 9.74. The monoisotopic (exact) mass is 470 g/mol. The van der Waals surface area contributed by atoms with Gasteiger partial charge in [0.05, 0.1) is 24.3 Å². The third-order valence-electron chi connectivity index (χ3n) is 5.82. The van der Waals surface area contributed by atoms with Gasteiger partial charge in [-0.05, 0) is 49.6 Å². The first-order valence-electron chi connectivity index (χ1n) is 10.9. The van der Waals surface area contributed by atoms with Crippen LogP contribution in [0.5, 0.6) is 5.75 Å². The first-order valence-corrected chi connectivity index (χ1v) is 12.1. The van der Waals surface area contributed by atoms with Crippen LogP contribution < -0.4 is 10.1 Å². The van der Waals surface area contributed by atoms with Crippen molar-refractivity contribution >= 4 is 28.8 Å². The molecule has 0 aliphatic carbocycles. The van der Waals surface area contributed by atoms with Gasteiger partial charge in [0.2, 0.25) is 5.91 Å². The number of amides is 1. The van der Waals surface area contributed by atoms with Crippen LogP contribution >= 0.6 is 22.9 Å². The summed E-state index contributed by atoms with van der Waals surface area (Å²) in [6.07, 6.45) is 1.95. The maximum absolute atomic E-state index is 12.8. The van der Waals surface area contributed by atoms with Crippen molar-refractivity contribution in [2.75, 3.05) is 26.4 Å². The Hall–Kier alpha value is -2.41. The second kappa shape index (κ2) is 10.5. The molecule has 0 atom stereocenters. The number of hydrogen-bond acceptors (Lipinski definition) is 5. The highest BCUT2D eigenvalue weighted by Gasteiger charge is 2.35. The molecule has 1 saturated heterocycles. The van der Waals surface area contributed by atoms with E-state index in [4.69, 9.17) is 21.1 Å². The number of rotatable bonds is 8. The van der Waals surface area contributed by atoms with Crippen LogP contribution in [-0.2, 0) is 21.4 Å². The van der Waals surface area contributed by atoms with Gasteiger partial charge in [0.15, 0.2) is 0 Å². The van der Waals surface area contributed by atoms with Gasteiger partial charge in [-0.3, -0.25) is 4.79 Å². The molecule has 1 amide bonds. The topological polar surface area (TPSA) is 60.5 Å². The van der Waals surface area contributed by atoms with E-state index in [2.05, 4.69) is 16.4 Å². The summed E-state index contributed by atoms with van der Waals surface area (Å²) in [6, 6.07) is 15.8. The molecule has 1 aliphatic heterocycles. The largest absolute Gasteiger partial charge is 0.493 e. The van der Waals surface area contributed by atoms with Gasteiger partial charge in [0, 0.05) is 35.6 Å². The van der Waals surface area contributed by atoms with Gasteiger partial charge < -0.3 is 14.8 Å². The number of benzene rings is 2. The minimum Gasteiger partial charge on any atom is -0.493 e. The number of hydrogen-bond donors (Lipinski definition) is 1. The van der Waals surface area contributed by atoms with E-state index < -0.39 is 0 Å². The van der Waals surface area contributed by atoms with E-state index in [1.165, 1.54) is 11.3 Å². The third kappa shape index (κ3) is 5.31. The van der Waals surface area contributed by atoms with Gasteiger partial charge >= 0.3 is 0 Å². The molecule has 32 heavy (non-hydrogen) atoms. The van der Waals surface area contributed by atoms with Crippen molar-refractivity contribution in [1.29, 1.82) is 0 Å². The number of halogens is 1. The smallest absolute Gasteiger partial charge is 0.226 e. The van der Waals surface area contributed by atoms with Crippen molar-refractivity contribution in [2.24, 2.45) is 0 Å². The Morgan fingerprint density at radius 3 is 2.81 bits per heavy atom. The Bertz CT molecular complexity index is 1060. The maximum Gasteiger partial charge on any atom is 0.226 e. The Morgan fingerprint density at radius 2 is 2.03 bits per heavy atom. The summed E-state index contributed by atoms with van der Waals surface area (Å²) in [4.78, 5) is 17.5. The molecule has 168 valence electrons. The summed E-state index contributed by atoms with van der Waals surface area (Å²) in [5, 5.41) is 6.65. The van der Waals surface area contributed by atoms with E-state index in [-0.39, 0.29) is 17.7 Å². The first-order chi connectivity index (χ1) is 15.6. The molecule has 3 aromatic rings. The Labute approximate surface area is 197 Å². The molecule has 1 aliphatic rings. The van der Waals surface area contributed by atoms with Gasteiger partial charge in [-0.2, -0.15) is 0 Å². The number of aromatic nitrogens is 1. The van der Waals surface area contributed by atoms with Crippen LogP contribution in [0.1, 0.15) is 31.0 Å². The van der Waals surface area contributed by atoms with Crippen molar-refractivity contribution in [3.63, 3.8) is 0 Å². The Morgan fingerprint density at radius 1 is 1.22 bits per heavy atom. The second-order valence-corrected chi connectivity index (χ2v) is 9.22. The number of thiazole rings is 1. The summed E-state index contributed by atoms with van der Waals surface area (Å²) >= 11 is 7.77. The van der Waals surface area contributed by atoms with Gasteiger partial charge in [0.1, 0.15) is 10.8 Å². The average Bonchev–Trinajstić information content (AvgIpc) is 3.27. The number of carbonyl (C=O) groups excluding carboxylic acids is 1. The second-order valence-electron chi connectivity index (χ2n) is 7.93. The highest BCUT2D eigenvalue weighted by Crippen LogP contribution is 2.36. The molecule has 0 saturated carbocycles. The molecule has 0 bridgehead atoms. The van der Waals surface area contributed by atoms with Crippen molar-refractivity contribution in [3.05, 3.63) is 70.2 Å². The fourth-order valence-corrected chi connectivity index (χ4v) is 5.12. The molecule has 2 aromatic carbocycles. The number of nitrogens with one attached hydrogen (secondary N) is 1. The highest BCUT2D eigenvalue weighted by molar-refractivity contribution is 7.13. The van der Waals surface area contributed by atoms with Crippen LogP contribution in [0.4, 0.5) is 0 Å². The van der Waals surface area contributed by atoms with E-state index in [0.717, 1.165) is 40.4 Å². The maximum atomic E-state index is 12.8. The van der Waals surface area contributed by atoms with Crippen LogP contribution in [0.2, 0.25) is 5.02 Å². The number of carbonyl (C=O) groups is 1. The van der Waals surface area contributed by atoms with Crippen molar-refractivity contribution in [1.82, 2.24) is 10.3 Å². The predicted octanol–water partition coefficient (Wildman–Crippen LogP) is 5.27. The van der Waals surface area contributed by atoms with Crippen LogP contribution in [0, 0.1) is 0 Å². The van der Waals surface area contributed by atoms with Gasteiger partial charge in [-0.25, -0.2) is 4.98 Å². The molecule has 0 radical (unpaired) electrons. The Kier molecular flexibility index (Phi) is 7.45. The lowest BCUT2D eigenvalue weighted by Crippen LogP contribution is -2.45. The zero-order valence-electron chi connectivity index (χ0n) is 18.1. The SMILES string of the molecule is CCOc1ccccc1-c1nc(CC(=O)NCC2(c3cccc(Cl)c3)CCOCC2)cs1.